The largest absolute Gasteiger partial charge is 0.478 e. The van der Waals surface area contributed by atoms with Crippen molar-refractivity contribution in [2.75, 3.05) is 23.8 Å². The van der Waals surface area contributed by atoms with Crippen LogP contribution in [-0.2, 0) is 4.79 Å². The Morgan fingerprint density at radius 1 is 0.941 bits per heavy atom. The smallest absolute Gasteiger partial charge is 0.337 e. The van der Waals surface area contributed by atoms with Gasteiger partial charge in [0.2, 0.25) is 5.91 Å². The monoisotopic (exact) mass is 458 g/mol. The highest BCUT2D eigenvalue weighted by atomic mass is 16.4. The molecule has 0 saturated carbocycles. The lowest BCUT2D eigenvalue weighted by Crippen LogP contribution is -2.19. The van der Waals surface area contributed by atoms with Crippen LogP contribution in [0.15, 0.2) is 66.7 Å². The maximum absolute atomic E-state index is 12.7. The first-order valence-electron chi connectivity index (χ1n) is 12.0. The molecule has 34 heavy (non-hydrogen) atoms. The number of aromatic carboxylic acids is 1. The van der Waals surface area contributed by atoms with Crippen molar-refractivity contribution in [2.24, 2.45) is 0 Å². The molecular weight excluding hydrogens is 424 g/mol. The molecule has 5 nitrogen and oxygen atoms in total. The minimum Gasteiger partial charge on any atom is -0.478 e. The first-order valence-corrected chi connectivity index (χ1v) is 12.0. The quantitative estimate of drug-likeness (QED) is 0.240. The number of carbonyl (C=O) groups excluding carboxylic acids is 1. The number of allylic oxidation sites excluding steroid dienone is 1. The first-order chi connectivity index (χ1) is 16.4. The number of carboxylic acids is 1. The summed E-state index contributed by atoms with van der Waals surface area (Å²) < 4.78 is 0. The van der Waals surface area contributed by atoms with Crippen LogP contribution in [0.1, 0.15) is 61.9 Å². The third-order valence-corrected chi connectivity index (χ3v) is 6.08. The summed E-state index contributed by atoms with van der Waals surface area (Å²) in [6, 6.07) is 19.3. The zero-order valence-electron chi connectivity index (χ0n) is 20.3. The van der Waals surface area contributed by atoms with E-state index < -0.39 is 5.97 Å². The van der Waals surface area contributed by atoms with E-state index in [-0.39, 0.29) is 11.5 Å². The molecule has 0 unspecified atom stereocenters. The number of anilines is 2. The third kappa shape index (κ3) is 6.70. The molecule has 0 aromatic heterocycles. The second kappa shape index (κ2) is 12.0. The molecule has 5 heteroatoms. The molecule has 0 atom stereocenters. The Morgan fingerprint density at radius 2 is 1.68 bits per heavy atom. The number of unbranched alkanes of at least 4 members (excludes halogenated alkanes) is 4. The van der Waals surface area contributed by atoms with Crippen LogP contribution in [0.5, 0.6) is 0 Å². The standard InChI is InChI=1S/C29H34N2O3/c1-4-5-6-7-10-17-31(3)25-15-16-27(26(20-25)29(33)34)30-28(32)18-21(2)23-14-13-22-11-8-9-12-24(22)19-23/h8-9,11-16,18-20H,4-7,10,17H2,1-3H3,(H,30,32)(H,33,34). The van der Waals surface area contributed by atoms with Crippen LogP contribution in [0, 0.1) is 0 Å². The van der Waals surface area contributed by atoms with Crippen molar-refractivity contribution in [3.63, 3.8) is 0 Å². The molecule has 2 N–H and O–H groups in total. The van der Waals surface area contributed by atoms with E-state index in [1.807, 2.05) is 62.5 Å². The van der Waals surface area contributed by atoms with Crippen LogP contribution in [0.2, 0.25) is 0 Å². The van der Waals surface area contributed by atoms with Crippen molar-refractivity contribution in [1.82, 2.24) is 0 Å². The van der Waals surface area contributed by atoms with Gasteiger partial charge >= 0.3 is 5.97 Å². The van der Waals surface area contributed by atoms with Gasteiger partial charge in [0.25, 0.3) is 0 Å². The molecule has 0 aliphatic heterocycles. The maximum atomic E-state index is 12.7. The average molecular weight is 459 g/mol. The Bertz CT molecular complexity index is 1180. The van der Waals surface area contributed by atoms with Gasteiger partial charge in [-0.1, -0.05) is 69.0 Å². The molecule has 1 amide bonds. The van der Waals surface area contributed by atoms with Crippen molar-refractivity contribution >= 4 is 39.6 Å². The van der Waals surface area contributed by atoms with Gasteiger partial charge in [-0.2, -0.15) is 0 Å². The summed E-state index contributed by atoms with van der Waals surface area (Å²) in [6.07, 6.45) is 7.42. The number of nitrogens with zero attached hydrogens (tertiary/aromatic N) is 1. The molecule has 0 bridgehead atoms. The number of amides is 1. The number of carboxylic acid groups (broad SMARTS) is 1. The number of rotatable bonds is 11. The zero-order valence-corrected chi connectivity index (χ0v) is 20.3. The van der Waals surface area contributed by atoms with Gasteiger partial charge < -0.3 is 15.3 Å². The van der Waals surface area contributed by atoms with E-state index in [9.17, 15) is 14.7 Å². The van der Waals surface area contributed by atoms with Gasteiger partial charge in [-0.05, 0) is 59.5 Å². The fraction of sp³-hybridized carbons (Fsp3) is 0.310. The van der Waals surface area contributed by atoms with Crippen LogP contribution in [-0.4, -0.2) is 30.6 Å². The molecule has 3 aromatic rings. The summed E-state index contributed by atoms with van der Waals surface area (Å²) in [5.74, 6) is -1.42. The Hall–Kier alpha value is -3.60. The van der Waals surface area contributed by atoms with E-state index >= 15 is 0 Å². The van der Waals surface area contributed by atoms with Crippen molar-refractivity contribution in [1.29, 1.82) is 0 Å². The Labute approximate surface area is 202 Å². The van der Waals surface area contributed by atoms with E-state index in [2.05, 4.69) is 17.1 Å². The van der Waals surface area contributed by atoms with Gasteiger partial charge in [0.1, 0.15) is 0 Å². The molecule has 0 aliphatic carbocycles. The highest BCUT2D eigenvalue weighted by Crippen LogP contribution is 2.25. The fourth-order valence-electron chi connectivity index (χ4n) is 4.02. The van der Waals surface area contributed by atoms with Gasteiger partial charge in [-0.15, -0.1) is 0 Å². The molecule has 0 heterocycles. The molecule has 0 radical (unpaired) electrons. The van der Waals surface area contributed by atoms with Crippen LogP contribution in [0.3, 0.4) is 0 Å². The van der Waals surface area contributed by atoms with Crippen LogP contribution < -0.4 is 10.2 Å². The van der Waals surface area contributed by atoms with Crippen molar-refractivity contribution < 1.29 is 14.7 Å². The minimum atomic E-state index is -1.07. The third-order valence-electron chi connectivity index (χ3n) is 6.08. The summed E-state index contributed by atoms with van der Waals surface area (Å²) in [5.41, 5.74) is 2.96. The lowest BCUT2D eigenvalue weighted by atomic mass is 10.0. The summed E-state index contributed by atoms with van der Waals surface area (Å²) in [5, 5.41) is 14.7. The highest BCUT2D eigenvalue weighted by Gasteiger charge is 2.14. The summed E-state index contributed by atoms with van der Waals surface area (Å²) in [4.78, 5) is 26.6. The number of hydrogen-bond donors (Lipinski definition) is 2. The van der Waals surface area contributed by atoms with Gasteiger partial charge in [0.15, 0.2) is 0 Å². The molecule has 3 aromatic carbocycles. The van der Waals surface area contributed by atoms with Gasteiger partial charge in [0.05, 0.1) is 11.3 Å². The second-order valence-electron chi connectivity index (χ2n) is 8.75. The number of nitrogens with one attached hydrogen (secondary N) is 1. The van der Waals surface area contributed by atoms with Crippen LogP contribution in [0.25, 0.3) is 16.3 Å². The van der Waals surface area contributed by atoms with Crippen molar-refractivity contribution in [2.45, 2.75) is 46.0 Å². The van der Waals surface area contributed by atoms with Gasteiger partial charge in [-0.25, -0.2) is 4.79 Å². The summed E-state index contributed by atoms with van der Waals surface area (Å²) >= 11 is 0. The molecule has 178 valence electrons. The lowest BCUT2D eigenvalue weighted by molar-refractivity contribution is -0.111. The van der Waals surface area contributed by atoms with Gasteiger partial charge in [-0.3, -0.25) is 4.79 Å². The van der Waals surface area contributed by atoms with E-state index in [0.29, 0.717) is 5.69 Å². The first kappa shape index (κ1) is 25.0. The van der Waals surface area contributed by atoms with Gasteiger partial charge in [0, 0.05) is 25.4 Å². The number of benzene rings is 3. The van der Waals surface area contributed by atoms with E-state index in [1.165, 1.54) is 31.8 Å². The molecule has 0 saturated heterocycles. The van der Waals surface area contributed by atoms with Crippen LogP contribution in [0.4, 0.5) is 11.4 Å². The number of carbonyl (C=O) groups is 2. The molecule has 0 aliphatic rings. The predicted octanol–water partition coefficient (Wildman–Crippen LogP) is 6.99. The Morgan fingerprint density at radius 3 is 2.41 bits per heavy atom. The lowest BCUT2D eigenvalue weighted by Gasteiger charge is -2.20. The topological polar surface area (TPSA) is 69.6 Å². The summed E-state index contributed by atoms with van der Waals surface area (Å²) in [6.45, 7) is 4.93. The number of hydrogen-bond acceptors (Lipinski definition) is 3. The molecule has 3 rings (SSSR count). The Balaban J connectivity index is 1.70. The molecule has 0 spiro atoms. The minimum absolute atomic E-state index is 0.0837. The van der Waals surface area contributed by atoms with Crippen molar-refractivity contribution in [3.8, 4) is 0 Å². The highest BCUT2D eigenvalue weighted by molar-refractivity contribution is 6.07. The normalized spacial score (nSPS) is 11.4. The fourth-order valence-corrected chi connectivity index (χ4v) is 4.02. The second-order valence-corrected chi connectivity index (χ2v) is 8.75. The molecule has 0 fully saturated rings. The maximum Gasteiger partial charge on any atom is 0.337 e. The van der Waals surface area contributed by atoms with E-state index in [0.717, 1.165) is 40.6 Å². The molecular formula is C29H34N2O3. The van der Waals surface area contributed by atoms with E-state index in [1.54, 1.807) is 12.1 Å². The average Bonchev–Trinajstić information content (AvgIpc) is 2.83. The van der Waals surface area contributed by atoms with E-state index in [4.69, 9.17) is 0 Å². The SMILES string of the molecule is CCCCCCCN(C)c1ccc(NC(=O)C=C(C)c2ccc3ccccc3c2)c(C(=O)O)c1. The predicted molar refractivity (Wildman–Crippen MR) is 142 cm³/mol. The van der Waals surface area contributed by atoms with Crippen LogP contribution >= 0.6 is 0 Å². The number of fused-ring (bicyclic) bond motifs is 1. The summed E-state index contributed by atoms with van der Waals surface area (Å²) in [7, 11) is 1.97. The Kier molecular flexibility index (Phi) is 8.86. The van der Waals surface area contributed by atoms with Crippen molar-refractivity contribution in [3.05, 3.63) is 77.9 Å². The zero-order chi connectivity index (χ0) is 24.5.